The van der Waals surface area contributed by atoms with Gasteiger partial charge in [-0.1, -0.05) is 47.5 Å². The first-order valence-corrected chi connectivity index (χ1v) is 10.5. The summed E-state index contributed by atoms with van der Waals surface area (Å²) in [5, 5.41) is 1.17. The molecule has 3 rings (SSSR count). The number of ether oxygens (including phenoxy) is 2. The molecule has 6 heteroatoms. The Morgan fingerprint density at radius 1 is 1.00 bits per heavy atom. The van der Waals surface area contributed by atoms with Gasteiger partial charge in [0.2, 0.25) is 0 Å². The molecule has 0 spiro atoms. The molecule has 0 amide bonds. The number of para-hydroxylation sites is 1. The predicted octanol–water partition coefficient (Wildman–Crippen LogP) is 7.33. The lowest BCUT2D eigenvalue weighted by molar-refractivity contribution is 0.267. The number of aliphatic imine (C=N–C) groups is 1. The molecule has 0 fully saturated rings. The van der Waals surface area contributed by atoms with Crippen molar-refractivity contribution in [3.8, 4) is 11.5 Å². The van der Waals surface area contributed by atoms with Crippen molar-refractivity contribution in [2.24, 2.45) is 4.99 Å². The molecule has 28 heavy (non-hydrogen) atoms. The van der Waals surface area contributed by atoms with Crippen molar-refractivity contribution in [3.63, 3.8) is 0 Å². The maximum atomic E-state index is 6.25. The van der Waals surface area contributed by atoms with Gasteiger partial charge in [0.05, 0.1) is 15.9 Å². The zero-order valence-electron chi connectivity index (χ0n) is 15.2. The first-order valence-electron chi connectivity index (χ1n) is 8.69. The highest BCUT2D eigenvalue weighted by atomic mass is 127. The standard InChI is InChI=1S/C22H18Cl2INO2/c1-2-27-21-11-15(13-26-18-6-4-3-5-7-18)10-20(25)22(21)28-14-16-8-9-17(23)12-19(16)24/h3-13H,2,14H2,1H3. The van der Waals surface area contributed by atoms with E-state index >= 15 is 0 Å². The van der Waals surface area contributed by atoms with E-state index < -0.39 is 0 Å². The van der Waals surface area contributed by atoms with E-state index in [1.807, 2.05) is 61.7 Å². The molecule has 0 saturated heterocycles. The number of halogens is 3. The van der Waals surface area contributed by atoms with Gasteiger partial charge in [0.1, 0.15) is 6.61 Å². The van der Waals surface area contributed by atoms with Crippen LogP contribution in [0.1, 0.15) is 18.1 Å². The van der Waals surface area contributed by atoms with Crippen LogP contribution in [0.5, 0.6) is 11.5 Å². The Hall–Kier alpha value is -1.76. The summed E-state index contributed by atoms with van der Waals surface area (Å²) >= 11 is 14.4. The van der Waals surface area contributed by atoms with Gasteiger partial charge >= 0.3 is 0 Å². The van der Waals surface area contributed by atoms with E-state index in [4.69, 9.17) is 32.7 Å². The quantitative estimate of drug-likeness (QED) is 0.239. The highest BCUT2D eigenvalue weighted by Crippen LogP contribution is 2.35. The summed E-state index contributed by atoms with van der Waals surface area (Å²) in [6, 6.07) is 19.1. The van der Waals surface area contributed by atoms with Crippen molar-refractivity contribution in [1.29, 1.82) is 0 Å². The van der Waals surface area contributed by atoms with Crippen molar-refractivity contribution in [3.05, 3.63) is 85.4 Å². The molecular formula is C22H18Cl2INO2. The Morgan fingerprint density at radius 2 is 1.79 bits per heavy atom. The van der Waals surface area contributed by atoms with Crippen LogP contribution in [-0.4, -0.2) is 12.8 Å². The van der Waals surface area contributed by atoms with Gasteiger partial charge in [-0.25, -0.2) is 0 Å². The second-order valence-electron chi connectivity index (χ2n) is 5.88. The fourth-order valence-corrected chi connectivity index (χ4v) is 3.76. The molecule has 0 aliphatic carbocycles. The van der Waals surface area contributed by atoms with Crippen LogP contribution < -0.4 is 9.47 Å². The lowest BCUT2D eigenvalue weighted by Crippen LogP contribution is -2.03. The van der Waals surface area contributed by atoms with E-state index in [0.29, 0.717) is 34.8 Å². The van der Waals surface area contributed by atoms with E-state index in [-0.39, 0.29) is 0 Å². The third-order valence-electron chi connectivity index (χ3n) is 3.84. The first kappa shape index (κ1) is 21.0. The van der Waals surface area contributed by atoms with Crippen LogP contribution in [0.15, 0.2) is 65.7 Å². The Kier molecular flexibility index (Phi) is 7.59. The van der Waals surface area contributed by atoms with Crippen LogP contribution in [0.3, 0.4) is 0 Å². The Labute approximate surface area is 188 Å². The van der Waals surface area contributed by atoms with Crippen LogP contribution in [-0.2, 0) is 6.61 Å². The zero-order valence-corrected chi connectivity index (χ0v) is 18.8. The molecule has 0 bridgehead atoms. The van der Waals surface area contributed by atoms with Crippen LogP contribution in [0.2, 0.25) is 10.0 Å². The van der Waals surface area contributed by atoms with Gasteiger partial charge in [0, 0.05) is 21.8 Å². The van der Waals surface area contributed by atoms with E-state index in [2.05, 4.69) is 27.6 Å². The van der Waals surface area contributed by atoms with Gasteiger partial charge in [0.25, 0.3) is 0 Å². The molecule has 3 aromatic rings. The minimum Gasteiger partial charge on any atom is -0.490 e. The SMILES string of the molecule is CCOc1cc(C=Nc2ccccc2)cc(I)c1OCc1ccc(Cl)cc1Cl. The predicted molar refractivity (Wildman–Crippen MR) is 125 cm³/mol. The number of nitrogens with zero attached hydrogens (tertiary/aromatic N) is 1. The fourth-order valence-electron chi connectivity index (χ4n) is 2.52. The van der Waals surface area contributed by atoms with Gasteiger partial charge in [-0.15, -0.1) is 0 Å². The zero-order chi connectivity index (χ0) is 19.9. The van der Waals surface area contributed by atoms with Crippen LogP contribution >= 0.6 is 45.8 Å². The van der Waals surface area contributed by atoms with Gasteiger partial charge in [-0.2, -0.15) is 0 Å². The monoisotopic (exact) mass is 525 g/mol. The number of rotatable bonds is 7. The summed E-state index contributed by atoms with van der Waals surface area (Å²) in [6.45, 7) is 2.80. The molecule has 3 nitrogen and oxygen atoms in total. The summed E-state index contributed by atoms with van der Waals surface area (Å²) in [6.07, 6.45) is 1.82. The van der Waals surface area contributed by atoms with Gasteiger partial charge in [0.15, 0.2) is 11.5 Å². The Morgan fingerprint density at radius 3 is 2.50 bits per heavy atom. The van der Waals surface area contributed by atoms with Gasteiger partial charge < -0.3 is 9.47 Å². The molecule has 0 heterocycles. The molecule has 0 N–H and O–H groups in total. The maximum Gasteiger partial charge on any atom is 0.175 e. The smallest absolute Gasteiger partial charge is 0.175 e. The van der Waals surface area contributed by atoms with Gasteiger partial charge in [-0.3, -0.25) is 4.99 Å². The highest BCUT2D eigenvalue weighted by Gasteiger charge is 2.13. The van der Waals surface area contributed by atoms with Crippen molar-refractivity contribution < 1.29 is 9.47 Å². The van der Waals surface area contributed by atoms with Crippen LogP contribution in [0.25, 0.3) is 0 Å². The number of benzene rings is 3. The molecule has 3 aromatic carbocycles. The molecular weight excluding hydrogens is 508 g/mol. The first-order chi connectivity index (χ1) is 13.6. The third-order valence-corrected chi connectivity index (χ3v) is 5.23. The molecule has 0 aliphatic rings. The van der Waals surface area contributed by atoms with E-state index in [9.17, 15) is 0 Å². The van der Waals surface area contributed by atoms with Gasteiger partial charge in [-0.05, 0) is 71.5 Å². The number of hydrogen-bond acceptors (Lipinski definition) is 3. The average molecular weight is 526 g/mol. The summed E-state index contributed by atoms with van der Waals surface area (Å²) in [5.41, 5.74) is 2.70. The summed E-state index contributed by atoms with van der Waals surface area (Å²) < 4.78 is 12.8. The highest BCUT2D eigenvalue weighted by molar-refractivity contribution is 14.1. The van der Waals surface area contributed by atoms with E-state index in [0.717, 1.165) is 20.4 Å². The molecule has 0 aliphatic heterocycles. The molecule has 144 valence electrons. The molecule has 0 radical (unpaired) electrons. The summed E-state index contributed by atoms with van der Waals surface area (Å²) in [4.78, 5) is 4.51. The van der Waals surface area contributed by atoms with Crippen molar-refractivity contribution in [2.45, 2.75) is 13.5 Å². The number of hydrogen-bond donors (Lipinski definition) is 0. The minimum atomic E-state index is 0.323. The molecule has 0 unspecified atom stereocenters. The van der Waals surface area contributed by atoms with E-state index in [1.54, 1.807) is 12.1 Å². The molecule has 0 atom stereocenters. The lowest BCUT2D eigenvalue weighted by atomic mass is 10.2. The maximum absolute atomic E-state index is 6.25. The normalized spacial score (nSPS) is 11.0. The average Bonchev–Trinajstić information content (AvgIpc) is 2.68. The molecule has 0 aromatic heterocycles. The van der Waals surface area contributed by atoms with Crippen molar-refractivity contribution in [1.82, 2.24) is 0 Å². The summed E-state index contributed by atoms with van der Waals surface area (Å²) in [7, 11) is 0. The summed E-state index contributed by atoms with van der Waals surface area (Å²) in [5.74, 6) is 1.36. The van der Waals surface area contributed by atoms with Crippen LogP contribution in [0.4, 0.5) is 5.69 Å². The largest absolute Gasteiger partial charge is 0.490 e. The Bertz CT molecular complexity index is 978. The second kappa shape index (κ2) is 10.1. The van der Waals surface area contributed by atoms with Crippen LogP contribution in [0, 0.1) is 3.57 Å². The van der Waals surface area contributed by atoms with E-state index in [1.165, 1.54) is 0 Å². The fraction of sp³-hybridized carbons (Fsp3) is 0.136. The Balaban J connectivity index is 1.83. The van der Waals surface area contributed by atoms with Crippen molar-refractivity contribution >= 4 is 57.7 Å². The second-order valence-corrected chi connectivity index (χ2v) is 7.89. The molecule has 0 saturated carbocycles. The minimum absolute atomic E-state index is 0.323. The topological polar surface area (TPSA) is 30.8 Å². The third kappa shape index (κ3) is 5.63. The lowest BCUT2D eigenvalue weighted by Gasteiger charge is -2.15. The van der Waals surface area contributed by atoms with Crippen molar-refractivity contribution in [2.75, 3.05) is 6.61 Å².